The van der Waals surface area contributed by atoms with Crippen LogP contribution < -0.4 is 43.0 Å². The van der Waals surface area contributed by atoms with Crippen LogP contribution in [0, 0.1) is 17.0 Å². The molecule has 58 heavy (non-hydrogen) atoms. The fourth-order valence-electron chi connectivity index (χ4n) is 6.28. The third-order valence-electron chi connectivity index (χ3n) is 9.45. The maximum absolute atomic E-state index is 13.7. The fourth-order valence-corrected chi connectivity index (χ4v) is 6.63. The van der Waals surface area contributed by atoms with Crippen molar-refractivity contribution in [2.45, 2.75) is 0 Å². The molecule has 2 fully saturated rings. The highest BCUT2D eigenvalue weighted by Gasteiger charge is 2.51. The Morgan fingerprint density at radius 1 is 0.603 bits per heavy atom. The van der Waals surface area contributed by atoms with Crippen LogP contribution in [-0.2, 0) is 4.74 Å². The Kier molecular flexibility index (Phi) is 10.4. The quantitative estimate of drug-likeness (QED) is 0.0650. The van der Waals surface area contributed by atoms with E-state index in [4.69, 9.17) is 33.0 Å². The number of ether oxygens (including phenoxy) is 1. The number of benzene rings is 4. The van der Waals surface area contributed by atoms with E-state index in [0.717, 1.165) is 12.1 Å². The smallest absolute Gasteiger partial charge is 0.339 e. The second-order valence-electron chi connectivity index (χ2n) is 13.4. The maximum atomic E-state index is 13.7. The fraction of sp³-hybridized carbons (Fsp3) is 0.128. The van der Waals surface area contributed by atoms with Crippen LogP contribution in [0.5, 0.6) is 11.5 Å². The van der Waals surface area contributed by atoms with Crippen molar-refractivity contribution in [1.82, 2.24) is 4.90 Å². The summed E-state index contributed by atoms with van der Waals surface area (Å²) in [6, 6.07) is 16.3. The molecule has 19 heteroatoms. The first kappa shape index (κ1) is 39.4. The zero-order valence-electron chi connectivity index (χ0n) is 29.4. The largest absolute Gasteiger partial charge is 0.505 e. The standard InChI is InChI=1S/C22H17ClFN3O5.C17H10ClFN2O5/c23-15-12(24)4-2-5-13(15)25-16-17(20(30)19(16)29)26-14-6-1-3-11(18(14)28)21(31)27-7-22(8-27)9-32-10-22;18-11-8(19)4-2-5-9(11)20-12-13(16(24)15(12)23)21-10-6-1-3-7(14(10)22)17(25)26/h1-6,25-26,28H,7-10H2;1-6,20-22H,(H,25,26). The summed E-state index contributed by atoms with van der Waals surface area (Å²) in [4.78, 5) is 73.3. The number of anilines is 8. The summed E-state index contributed by atoms with van der Waals surface area (Å²) >= 11 is 11.7. The number of carbonyl (C=O) groups excluding carboxylic acids is 1. The van der Waals surface area contributed by atoms with Gasteiger partial charge >= 0.3 is 5.97 Å². The molecule has 0 aliphatic carbocycles. The molecule has 0 atom stereocenters. The minimum absolute atomic E-state index is 0.0312. The lowest BCUT2D eigenvalue weighted by atomic mass is 9.77. The Labute approximate surface area is 334 Å². The molecule has 2 saturated heterocycles. The number of hydrogen-bond donors (Lipinski definition) is 7. The van der Waals surface area contributed by atoms with E-state index in [1.807, 2.05) is 0 Å². The molecule has 0 aromatic heterocycles. The van der Waals surface area contributed by atoms with Crippen LogP contribution in [0.2, 0.25) is 10.0 Å². The minimum Gasteiger partial charge on any atom is -0.505 e. The molecule has 6 aromatic carbocycles. The second kappa shape index (κ2) is 15.3. The van der Waals surface area contributed by atoms with Gasteiger partial charge in [-0.3, -0.25) is 24.0 Å². The van der Waals surface area contributed by atoms with Crippen molar-refractivity contribution in [2.24, 2.45) is 5.41 Å². The van der Waals surface area contributed by atoms with Crippen LogP contribution in [0.3, 0.4) is 0 Å². The van der Waals surface area contributed by atoms with Crippen LogP contribution in [-0.4, -0.2) is 58.4 Å². The van der Waals surface area contributed by atoms with E-state index in [2.05, 4.69) is 21.3 Å². The summed E-state index contributed by atoms with van der Waals surface area (Å²) in [5, 5.41) is 39.6. The van der Waals surface area contributed by atoms with Crippen LogP contribution >= 0.6 is 23.2 Å². The number of aromatic hydroxyl groups is 2. The molecule has 1 spiro atoms. The van der Waals surface area contributed by atoms with Crippen LogP contribution in [0.4, 0.5) is 54.3 Å². The van der Waals surface area contributed by atoms with E-state index in [9.17, 15) is 47.8 Å². The highest BCUT2D eigenvalue weighted by Crippen LogP contribution is 2.41. The van der Waals surface area contributed by atoms with E-state index >= 15 is 0 Å². The number of phenolic OH excluding ortho intramolecular Hbond substituents is 1. The number of phenols is 2. The van der Waals surface area contributed by atoms with Crippen molar-refractivity contribution >= 4 is 80.6 Å². The SMILES string of the molecule is O=C(O)c1cccc(Nc2c(Nc3cccc(F)c3Cl)c(=O)c2=O)c1O.O=C(c1cccc(Nc2c(Nc3cccc(F)c3Cl)c(=O)c2=O)c1O)N1CC2(COC2)C1. The zero-order valence-corrected chi connectivity index (χ0v) is 30.9. The number of likely N-dealkylation sites (tertiary alicyclic amines) is 1. The maximum Gasteiger partial charge on any atom is 0.339 e. The average molecular weight is 835 g/mol. The van der Waals surface area contributed by atoms with Crippen molar-refractivity contribution < 1.29 is 38.4 Å². The highest BCUT2D eigenvalue weighted by atomic mass is 35.5. The third-order valence-corrected chi connectivity index (χ3v) is 10.2. The molecule has 2 aliphatic rings. The number of carbonyl (C=O) groups is 2. The molecular formula is C39H27Cl2F2N5O10. The van der Waals surface area contributed by atoms with E-state index in [0.29, 0.717) is 26.3 Å². The van der Waals surface area contributed by atoms with Gasteiger partial charge in [0.2, 0.25) is 0 Å². The first-order valence-electron chi connectivity index (χ1n) is 17.0. The summed E-state index contributed by atoms with van der Waals surface area (Å²) in [7, 11) is 0. The third kappa shape index (κ3) is 7.06. The number of nitrogens with one attached hydrogen (secondary N) is 4. The number of carboxylic acids is 1. The van der Waals surface area contributed by atoms with Gasteiger partial charge in [-0.15, -0.1) is 0 Å². The molecule has 6 aromatic rings. The Morgan fingerprint density at radius 2 is 0.966 bits per heavy atom. The van der Waals surface area contributed by atoms with Gasteiger partial charge in [0.25, 0.3) is 27.6 Å². The molecule has 2 heterocycles. The summed E-state index contributed by atoms with van der Waals surface area (Å²) in [6.45, 7) is 2.37. The Morgan fingerprint density at radius 3 is 1.36 bits per heavy atom. The first-order chi connectivity index (χ1) is 27.6. The number of halogens is 4. The zero-order chi connectivity index (χ0) is 41.6. The predicted molar refractivity (Wildman–Crippen MR) is 211 cm³/mol. The molecule has 0 unspecified atom stereocenters. The van der Waals surface area contributed by atoms with E-state index in [1.165, 1.54) is 54.6 Å². The van der Waals surface area contributed by atoms with E-state index < -0.39 is 45.1 Å². The molecule has 8 rings (SSSR count). The molecule has 2 aliphatic heterocycles. The Hall–Kier alpha value is -6.82. The van der Waals surface area contributed by atoms with Gasteiger partial charge in [-0.25, -0.2) is 13.6 Å². The van der Waals surface area contributed by atoms with Gasteiger partial charge in [0.05, 0.1) is 57.0 Å². The monoisotopic (exact) mass is 833 g/mol. The molecule has 15 nitrogen and oxygen atoms in total. The summed E-state index contributed by atoms with van der Waals surface area (Å²) in [6.07, 6.45) is 0. The van der Waals surface area contributed by atoms with Gasteiger partial charge in [0.1, 0.15) is 39.9 Å². The van der Waals surface area contributed by atoms with Crippen molar-refractivity contribution in [2.75, 3.05) is 47.6 Å². The van der Waals surface area contributed by atoms with E-state index in [-0.39, 0.29) is 83.7 Å². The number of aromatic carboxylic acids is 1. The number of rotatable bonds is 10. The lowest BCUT2D eigenvalue weighted by Gasteiger charge is -2.54. The van der Waals surface area contributed by atoms with Gasteiger partial charge in [0, 0.05) is 13.1 Å². The molecule has 0 bridgehead atoms. The predicted octanol–water partition coefficient (Wildman–Crippen LogP) is 5.71. The normalized spacial score (nSPS) is 13.9. The minimum atomic E-state index is -1.36. The molecular weight excluding hydrogens is 807 g/mol. The van der Waals surface area contributed by atoms with Gasteiger partial charge in [-0.05, 0) is 48.5 Å². The molecule has 0 saturated carbocycles. The number of amides is 1. The van der Waals surface area contributed by atoms with Crippen LogP contribution in [0.25, 0.3) is 0 Å². The summed E-state index contributed by atoms with van der Waals surface area (Å²) in [5.74, 6) is -4.03. The summed E-state index contributed by atoms with van der Waals surface area (Å²) < 4.78 is 32.4. The van der Waals surface area contributed by atoms with Gasteiger partial charge in [-0.2, -0.15) is 0 Å². The van der Waals surface area contributed by atoms with Crippen molar-refractivity contribution in [3.8, 4) is 11.5 Å². The Bertz CT molecular complexity index is 2810. The lowest BCUT2D eigenvalue weighted by molar-refractivity contribution is -0.176. The average Bonchev–Trinajstić information content (AvgIpc) is 3.17. The highest BCUT2D eigenvalue weighted by molar-refractivity contribution is 6.34. The number of carboxylic acid groups (broad SMARTS) is 1. The second-order valence-corrected chi connectivity index (χ2v) is 14.1. The van der Waals surface area contributed by atoms with Crippen molar-refractivity contribution in [3.63, 3.8) is 0 Å². The molecule has 0 radical (unpaired) electrons. The number of nitrogens with zero attached hydrogens (tertiary/aromatic N) is 1. The number of hydrogen-bond acceptors (Lipinski definition) is 13. The topological polar surface area (TPSA) is 224 Å². The van der Waals surface area contributed by atoms with Crippen LogP contribution in [0.15, 0.2) is 92.0 Å². The van der Waals surface area contributed by atoms with Crippen LogP contribution in [0.1, 0.15) is 20.7 Å². The summed E-state index contributed by atoms with van der Waals surface area (Å²) in [5.41, 5.74) is -4.06. The molecule has 7 N–H and O–H groups in total. The van der Waals surface area contributed by atoms with E-state index in [1.54, 1.807) is 11.0 Å². The van der Waals surface area contributed by atoms with Gasteiger partial charge in [0.15, 0.2) is 11.5 Å². The van der Waals surface area contributed by atoms with Gasteiger partial charge in [-0.1, -0.05) is 47.5 Å². The first-order valence-corrected chi connectivity index (χ1v) is 17.7. The van der Waals surface area contributed by atoms with Crippen molar-refractivity contribution in [3.05, 3.63) is 146 Å². The van der Waals surface area contributed by atoms with Gasteiger partial charge < -0.3 is 46.2 Å². The number of para-hydroxylation sites is 2. The Balaban J connectivity index is 0.000000181. The van der Waals surface area contributed by atoms with Crippen molar-refractivity contribution in [1.29, 1.82) is 0 Å². The lowest BCUT2D eigenvalue weighted by Crippen LogP contribution is -2.67. The molecule has 1 amide bonds. The molecule has 296 valence electrons.